The van der Waals surface area contributed by atoms with Gasteiger partial charge in [0.25, 0.3) is 0 Å². The Labute approximate surface area is 195 Å². The number of benzene rings is 4. The van der Waals surface area contributed by atoms with Crippen molar-refractivity contribution < 1.29 is 0 Å². The fourth-order valence-corrected chi connectivity index (χ4v) is 4.34. The highest BCUT2D eigenvalue weighted by molar-refractivity contribution is 6.10. The Balaban J connectivity index is 1.49. The van der Waals surface area contributed by atoms with Gasteiger partial charge < -0.3 is 4.57 Å². The molecule has 0 unspecified atom stereocenters. The molecule has 5 aromatic rings. The van der Waals surface area contributed by atoms with E-state index in [1.165, 1.54) is 44.2 Å². The summed E-state index contributed by atoms with van der Waals surface area (Å²) in [5.74, 6) is 0. The smallest absolute Gasteiger partial charge is 0.0541 e. The zero-order valence-electron chi connectivity index (χ0n) is 18.9. The second-order valence-electron chi connectivity index (χ2n) is 8.45. The molecule has 0 saturated heterocycles. The van der Waals surface area contributed by atoms with E-state index in [4.69, 9.17) is 0 Å². The first-order valence-electron chi connectivity index (χ1n) is 11.4. The highest BCUT2D eigenvalue weighted by Crippen LogP contribution is 2.34. The molecule has 1 nitrogen and oxygen atoms in total. The van der Waals surface area contributed by atoms with Gasteiger partial charge in [0.2, 0.25) is 0 Å². The first kappa shape index (κ1) is 20.8. The normalized spacial score (nSPS) is 11.8. The second kappa shape index (κ2) is 9.18. The molecule has 0 fully saturated rings. The Hall–Kier alpha value is -4.10. The van der Waals surface area contributed by atoms with E-state index in [1.807, 2.05) is 19.1 Å². The maximum atomic E-state index is 3.88. The van der Waals surface area contributed by atoms with Crippen LogP contribution in [0.15, 0.2) is 134 Å². The largest absolute Gasteiger partial charge is 0.309 e. The van der Waals surface area contributed by atoms with E-state index in [1.54, 1.807) is 0 Å². The number of hydrogen-bond acceptors (Lipinski definition) is 0. The van der Waals surface area contributed by atoms with Crippen LogP contribution in [0.4, 0.5) is 0 Å². The summed E-state index contributed by atoms with van der Waals surface area (Å²) in [6, 6.07) is 35.0. The molecule has 0 bridgehead atoms. The highest BCUT2D eigenvalue weighted by Gasteiger charge is 2.12. The van der Waals surface area contributed by atoms with Crippen LogP contribution in [0.2, 0.25) is 0 Å². The van der Waals surface area contributed by atoms with Crippen molar-refractivity contribution in [2.75, 3.05) is 0 Å². The van der Waals surface area contributed by atoms with Gasteiger partial charge >= 0.3 is 0 Å². The van der Waals surface area contributed by atoms with Gasteiger partial charge in [-0.2, -0.15) is 0 Å². The molecule has 0 N–H and O–H groups in total. The van der Waals surface area contributed by atoms with Crippen LogP contribution >= 0.6 is 0 Å². The molecule has 1 heterocycles. The van der Waals surface area contributed by atoms with Crippen LogP contribution in [0.1, 0.15) is 12.5 Å². The predicted octanol–water partition coefficient (Wildman–Crippen LogP) is 8.68. The summed E-state index contributed by atoms with van der Waals surface area (Å²) in [7, 11) is 0. The summed E-state index contributed by atoms with van der Waals surface area (Å²) < 4.78 is 2.35. The molecule has 0 aliphatic rings. The van der Waals surface area contributed by atoms with E-state index in [0.29, 0.717) is 0 Å². The van der Waals surface area contributed by atoms with Crippen molar-refractivity contribution in [1.29, 1.82) is 0 Å². The lowest BCUT2D eigenvalue weighted by Crippen LogP contribution is -1.92. The first-order chi connectivity index (χ1) is 16.2. The fourth-order valence-electron chi connectivity index (χ4n) is 4.34. The second-order valence-corrected chi connectivity index (χ2v) is 8.45. The van der Waals surface area contributed by atoms with Gasteiger partial charge in [-0.15, -0.1) is 0 Å². The summed E-state index contributed by atoms with van der Waals surface area (Å²) in [4.78, 5) is 0. The molecule has 0 aliphatic carbocycles. The molecule has 0 amide bonds. The Kier molecular flexibility index (Phi) is 5.78. The van der Waals surface area contributed by atoms with Gasteiger partial charge in [0.1, 0.15) is 0 Å². The lowest BCUT2D eigenvalue weighted by Gasteiger charge is -2.08. The minimum absolute atomic E-state index is 0.921. The van der Waals surface area contributed by atoms with Gasteiger partial charge in [0.05, 0.1) is 11.0 Å². The van der Waals surface area contributed by atoms with E-state index >= 15 is 0 Å². The van der Waals surface area contributed by atoms with Gasteiger partial charge in [-0.1, -0.05) is 103 Å². The van der Waals surface area contributed by atoms with Crippen molar-refractivity contribution in [2.24, 2.45) is 0 Å². The van der Waals surface area contributed by atoms with E-state index in [0.717, 1.165) is 12.0 Å². The predicted molar refractivity (Wildman–Crippen MR) is 143 cm³/mol. The molecule has 0 spiro atoms. The maximum Gasteiger partial charge on any atom is 0.0541 e. The minimum atomic E-state index is 0.921. The summed E-state index contributed by atoms with van der Waals surface area (Å²) in [5, 5.41) is 2.56. The van der Waals surface area contributed by atoms with Crippen molar-refractivity contribution in [3.63, 3.8) is 0 Å². The van der Waals surface area contributed by atoms with Crippen LogP contribution in [0.3, 0.4) is 0 Å². The molecular weight excluding hydrogens is 398 g/mol. The number of hydrogen-bond donors (Lipinski definition) is 0. The molecule has 5 rings (SSSR count). The van der Waals surface area contributed by atoms with Crippen LogP contribution in [0.25, 0.3) is 38.6 Å². The van der Waals surface area contributed by atoms with Crippen LogP contribution in [-0.2, 0) is 6.42 Å². The van der Waals surface area contributed by atoms with E-state index in [9.17, 15) is 0 Å². The lowest BCUT2D eigenvalue weighted by atomic mass is 10.0. The Morgan fingerprint density at radius 1 is 0.727 bits per heavy atom. The van der Waals surface area contributed by atoms with Crippen LogP contribution in [0, 0.1) is 0 Å². The Morgan fingerprint density at radius 2 is 1.42 bits per heavy atom. The number of para-hydroxylation sites is 2. The fraction of sp³-hybridized carbons (Fsp3) is 0.0625. The monoisotopic (exact) mass is 425 g/mol. The summed E-state index contributed by atoms with van der Waals surface area (Å²) >= 11 is 0. The summed E-state index contributed by atoms with van der Waals surface area (Å²) in [6.07, 6.45) is 9.24. The highest BCUT2D eigenvalue weighted by atomic mass is 15.0. The standard InChI is InChI=1S/C32H27N/c1-24(2)11-5-3-6-12-25-17-19-26(20-18-25)27-21-22-32-30(23-27)29-15-9-10-16-31(29)33(32)28-13-7-4-8-14-28/h3-11,13-23H,1,12H2,2H3/b6-3-,11-5-. The summed E-state index contributed by atoms with van der Waals surface area (Å²) in [6.45, 7) is 5.88. The topological polar surface area (TPSA) is 4.93 Å². The van der Waals surface area contributed by atoms with Gasteiger partial charge in [-0.25, -0.2) is 0 Å². The molecule has 33 heavy (non-hydrogen) atoms. The van der Waals surface area contributed by atoms with Crippen LogP contribution in [0.5, 0.6) is 0 Å². The molecule has 1 heteroatoms. The molecule has 0 aliphatic heterocycles. The van der Waals surface area contributed by atoms with E-state index in [2.05, 4.69) is 120 Å². The number of rotatable bonds is 6. The van der Waals surface area contributed by atoms with Crippen molar-refractivity contribution in [3.8, 4) is 16.8 Å². The van der Waals surface area contributed by atoms with E-state index in [-0.39, 0.29) is 0 Å². The Bertz CT molecular complexity index is 1480. The Morgan fingerprint density at radius 3 is 2.21 bits per heavy atom. The maximum absolute atomic E-state index is 3.88. The van der Waals surface area contributed by atoms with Gasteiger partial charge in [-0.05, 0) is 60.4 Å². The number of nitrogens with zero attached hydrogens (tertiary/aromatic N) is 1. The molecular formula is C32H27N. The average molecular weight is 426 g/mol. The summed E-state index contributed by atoms with van der Waals surface area (Å²) in [5.41, 5.74) is 8.50. The van der Waals surface area contributed by atoms with Crippen molar-refractivity contribution in [3.05, 3.63) is 139 Å². The average Bonchev–Trinajstić information content (AvgIpc) is 3.18. The van der Waals surface area contributed by atoms with Crippen molar-refractivity contribution in [1.82, 2.24) is 4.57 Å². The number of fused-ring (bicyclic) bond motifs is 3. The quantitative estimate of drug-likeness (QED) is 0.240. The molecule has 160 valence electrons. The lowest BCUT2D eigenvalue weighted by molar-refractivity contribution is 1.18. The molecule has 4 aromatic carbocycles. The first-order valence-corrected chi connectivity index (χ1v) is 11.4. The van der Waals surface area contributed by atoms with Crippen molar-refractivity contribution >= 4 is 21.8 Å². The number of allylic oxidation sites excluding steroid dienone is 5. The van der Waals surface area contributed by atoms with Crippen molar-refractivity contribution in [2.45, 2.75) is 13.3 Å². The molecule has 0 radical (unpaired) electrons. The van der Waals surface area contributed by atoms with Crippen LogP contribution in [-0.4, -0.2) is 4.57 Å². The van der Waals surface area contributed by atoms with Gasteiger partial charge in [0.15, 0.2) is 0 Å². The minimum Gasteiger partial charge on any atom is -0.309 e. The third-order valence-corrected chi connectivity index (χ3v) is 5.96. The number of aromatic nitrogens is 1. The SMILES string of the molecule is C=C(C)/C=C\C=C/Cc1ccc(-c2ccc3c(c2)c2ccccc2n3-c2ccccc2)cc1. The molecule has 0 atom stereocenters. The zero-order valence-corrected chi connectivity index (χ0v) is 18.9. The van der Waals surface area contributed by atoms with Gasteiger partial charge in [-0.3, -0.25) is 0 Å². The zero-order chi connectivity index (χ0) is 22.6. The van der Waals surface area contributed by atoms with Crippen LogP contribution < -0.4 is 0 Å². The third kappa shape index (κ3) is 4.31. The van der Waals surface area contributed by atoms with E-state index < -0.39 is 0 Å². The molecule has 0 saturated carbocycles. The third-order valence-electron chi connectivity index (χ3n) is 5.96. The van der Waals surface area contributed by atoms with Gasteiger partial charge in [0, 0.05) is 16.5 Å². The molecule has 1 aromatic heterocycles.